The number of nitrogens with zero attached hydrogens (tertiary/aromatic N) is 2. The Labute approximate surface area is 147 Å². The van der Waals surface area contributed by atoms with E-state index < -0.39 is 5.97 Å². The maximum Gasteiger partial charge on any atom is 0.340 e. The van der Waals surface area contributed by atoms with Crippen LogP contribution in [0.1, 0.15) is 54.2 Å². The number of carbonyl (C=O) groups excluding carboxylic acids is 2. The monoisotopic (exact) mass is 347 g/mol. The molecule has 0 radical (unpaired) electrons. The highest BCUT2D eigenvalue weighted by Gasteiger charge is 2.20. The summed E-state index contributed by atoms with van der Waals surface area (Å²) in [6.07, 6.45) is 1.87. The molecule has 2 heterocycles. The van der Waals surface area contributed by atoms with E-state index in [0.717, 1.165) is 18.5 Å². The van der Waals surface area contributed by atoms with Crippen molar-refractivity contribution in [1.82, 2.24) is 15.0 Å². The minimum Gasteiger partial charge on any atom is -0.452 e. The number of rotatable bonds is 7. The highest BCUT2D eigenvalue weighted by molar-refractivity contribution is 5.93. The van der Waals surface area contributed by atoms with Crippen molar-refractivity contribution >= 4 is 11.9 Å². The number of hydrogen-bond acceptors (Lipinski definition) is 5. The zero-order chi connectivity index (χ0) is 18.6. The van der Waals surface area contributed by atoms with Crippen molar-refractivity contribution in [2.24, 2.45) is 0 Å². The van der Waals surface area contributed by atoms with Crippen molar-refractivity contribution in [2.45, 2.75) is 53.5 Å². The van der Waals surface area contributed by atoms with Gasteiger partial charge in [0.2, 0.25) is 0 Å². The molecule has 0 saturated heterocycles. The van der Waals surface area contributed by atoms with Gasteiger partial charge in [-0.1, -0.05) is 18.5 Å². The summed E-state index contributed by atoms with van der Waals surface area (Å²) < 4.78 is 12.1. The highest BCUT2D eigenvalue weighted by Crippen LogP contribution is 2.21. The number of amides is 1. The van der Waals surface area contributed by atoms with Crippen molar-refractivity contribution in [3.63, 3.8) is 0 Å². The van der Waals surface area contributed by atoms with E-state index in [1.54, 1.807) is 26.0 Å². The SMILES string of the molecule is CCC[C@@H](C)NC(=O)COC(=O)c1cc(C)n(-c2cc(C)on2)c1C. The average Bonchev–Trinajstić information content (AvgIpc) is 3.08. The van der Waals surface area contributed by atoms with E-state index in [1.165, 1.54) is 0 Å². The Balaban J connectivity index is 2.04. The first kappa shape index (κ1) is 18.8. The van der Waals surface area contributed by atoms with Crippen LogP contribution < -0.4 is 5.32 Å². The normalized spacial score (nSPS) is 12.0. The molecule has 136 valence electrons. The first-order valence-corrected chi connectivity index (χ1v) is 8.42. The predicted octanol–water partition coefficient (Wildman–Crippen LogP) is 2.85. The molecule has 0 saturated carbocycles. The molecule has 7 nitrogen and oxygen atoms in total. The van der Waals surface area contributed by atoms with Crippen molar-refractivity contribution in [2.75, 3.05) is 6.61 Å². The van der Waals surface area contributed by atoms with Gasteiger partial charge in [0.05, 0.1) is 5.56 Å². The van der Waals surface area contributed by atoms with Crippen molar-refractivity contribution in [3.8, 4) is 5.82 Å². The van der Waals surface area contributed by atoms with E-state index in [0.29, 0.717) is 22.8 Å². The number of hydrogen-bond donors (Lipinski definition) is 1. The topological polar surface area (TPSA) is 86.4 Å². The molecule has 0 aromatic carbocycles. The zero-order valence-corrected chi connectivity index (χ0v) is 15.4. The van der Waals surface area contributed by atoms with Crippen molar-refractivity contribution < 1.29 is 18.8 Å². The lowest BCUT2D eigenvalue weighted by Crippen LogP contribution is -2.35. The third kappa shape index (κ3) is 4.49. The second-order valence-corrected chi connectivity index (χ2v) is 6.25. The lowest BCUT2D eigenvalue weighted by Gasteiger charge is -2.12. The summed E-state index contributed by atoms with van der Waals surface area (Å²) in [5, 5.41) is 6.78. The molecule has 0 aliphatic heterocycles. The number of esters is 1. The summed E-state index contributed by atoms with van der Waals surface area (Å²) in [6, 6.07) is 3.58. The van der Waals surface area contributed by atoms with Crippen LogP contribution in [0.4, 0.5) is 0 Å². The molecule has 0 bridgehead atoms. The standard InChI is InChI=1S/C18H25N3O4/c1-6-7-11(2)19-17(22)10-24-18(23)15-8-12(3)21(14(15)5)16-9-13(4)25-20-16/h8-9,11H,6-7,10H2,1-5H3,(H,19,22)/t11-/m1/s1. The molecule has 25 heavy (non-hydrogen) atoms. The summed E-state index contributed by atoms with van der Waals surface area (Å²) in [5.41, 5.74) is 1.93. The molecule has 0 aliphatic rings. The molecule has 0 fully saturated rings. The van der Waals surface area contributed by atoms with Gasteiger partial charge in [-0.15, -0.1) is 0 Å². The van der Waals surface area contributed by atoms with Gasteiger partial charge in [0.15, 0.2) is 12.4 Å². The van der Waals surface area contributed by atoms with Gasteiger partial charge in [0.1, 0.15) is 5.76 Å². The molecule has 0 aliphatic carbocycles. The lowest BCUT2D eigenvalue weighted by molar-refractivity contribution is -0.124. The van der Waals surface area contributed by atoms with Gasteiger partial charge in [-0.2, -0.15) is 0 Å². The third-order valence-electron chi connectivity index (χ3n) is 3.96. The maximum absolute atomic E-state index is 12.3. The Morgan fingerprint density at radius 1 is 1.32 bits per heavy atom. The molecular formula is C18H25N3O4. The van der Waals surface area contributed by atoms with E-state index in [9.17, 15) is 9.59 Å². The number of aromatic nitrogens is 2. The van der Waals surface area contributed by atoms with Crippen LogP contribution >= 0.6 is 0 Å². The molecule has 7 heteroatoms. The van der Waals surface area contributed by atoms with Gasteiger partial charge in [-0.25, -0.2) is 4.79 Å². The fraction of sp³-hybridized carbons (Fsp3) is 0.500. The number of nitrogens with one attached hydrogen (secondary N) is 1. The molecule has 2 rings (SSSR count). The van der Waals surface area contributed by atoms with Gasteiger partial charge >= 0.3 is 5.97 Å². The van der Waals surface area contributed by atoms with E-state index in [2.05, 4.69) is 17.4 Å². The smallest absolute Gasteiger partial charge is 0.340 e. The second-order valence-electron chi connectivity index (χ2n) is 6.25. The summed E-state index contributed by atoms with van der Waals surface area (Å²) in [5.74, 6) is 0.468. The quantitative estimate of drug-likeness (QED) is 0.778. The zero-order valence-electron chi connectivity index (χ0n) is 15.4. The van der Waals surface area contributed by atoms with E-state index >= 15 is 0 Å². The molecule has 1 amide bonds. The van der Waals surface area contributed by atoms with Gasteiger partial charge in [-0.05, 0) is 40.2 Å². The Kier molecular flexibility index (Phi) is 6.01. The van der Waals surface area contributed by atoms with Gasteiger partial charge < -0.3 is 14.6 Å². The van der Waals surface area contributed by atoms with Crippen LogP contribution in [0.2, 0.25) is 0 Å². The molecule has 1 N–H and O–H groups in total. The number of carbonyl (C=O) groups is 2. The Morgan fingerprint density at radius 3 is 2.64 bits per heavy atom. The largest absolute Gasteiger partial charge is 0.452 e. The van der Waals surface area contributed by atoms with Crippen molar-refractivity contribution in [1.29, 1.82) is 0 Å². The van der Waals surface area contributed by atoms with Crippen LogP contribution in [-0.4, -0.2) is 34.2 Å². The summed E-state index contributed by atoms with van der Waals surface area (Å²) >= 11 is 0. The minimum atomic E-state index is -0.530. The number of ether oxygens (including phenoxy) is 1. The first-order valence-electron chi connectivity index (χ1n) is 8.42. The maximum atomic E-state index is 12.3. The highest BCUT2D eigenvalue weighted by atomic mass is 16.5. The minimum absolute atomic E-state index is 0.0664. The van der Waals surface area contributed by atoms with Crippen LogP contribution in [-0.2, 0) is 9.53 Å². The van der Waals surface area contributed by atoms with Gasteiger partial charge in [-0.3, -0.25) is 9.36 Å². The Morgan fingerprint density at radius 2 is 2.04 bits per heavy atom. The Hall–Kier alpha value is -2.57. The lowest BCUT2D eigenvalue weighted by atomic mass is 10.2. The van der Waals surface area contributed by atoms with Crippen LogP contribution in [0.25, 0.3) is 5.82 Å². The second kappa shape index (κ2) is 8.00. The summed E-state index contributed by atoms with van der Waals surface area (Å²) in [4.78, 5) is 24.2. The molecule has 0 spiro atoms. The van der Waals surface area contributed by atoms with Gasteiger partial charge in [0.25, 0.3) is 5.91 Å². The van der Waals surface area contributed by atoms with Crippen LogP contribution in [0.15, 0.2) is 16.7 Å². The molecule has 2 aromatic heterocycles. The third-order valence-corrected chi connectivity index (χ3v) is 3.96. The number of aryl methyl sites for hydroxylation is 2. The van der Waals surface area contributed by atoms with Crippen LogP contribution in [0.3, 0.4) is 0 Å². The molecule has 2 aromatic rings. The molecule has 1 atom stereocenters. The Bertz CT molecular complexity index is 760. The fourth-order valence-electron chi connectivity index (χ4n) is 2.81. The van der Waals surface area contributed by atoms with Crippen LogP contribution in [0.5, 0.6) is 0 Å². The summed E-state index contributed by atoms with van der Waals surface area (Å²) in [6.45, 7) is 9.16. The van der Waals surface area contributed by atoms with Crippen LogP contribution in [0, 0.1) is 20.8 Å². The van der Waals surface area contributed by atoms with Crippen molar-refractivity contribution in [3.05, 3.63) is 34.8 Å². The van der Waals surface area contributed by atoms with E-state index in [1.807, 2.05) is 18.4 Å². The van der Waals surface area contributed by atoms with E-state index in [4.69, 9.17) is 9.26 Å². The molecule has 0 unspecified atom stereocenters. The fourth-order valence-corrected chi connectivity index (χ4v) is 2.81. The molecular weight excluding hydrogens is 322 g/mol. The van der Waals surface area contributed by atoms with Gasteiger partial charge in [0, 0.05) is 23.5 Å². The predicted molar refractivity (Wildman–Crippen MR) is 92.8 cm³/mol. The van der Waals surface area contributed by atoms with E-state index in [-0.39, 0.29) is 18.6 Å². The summed E-state index contributed by atoms with van der Waals surface area (Å²) in [7, 11) is 0. The average molecular weight is 347 g/mol. The first-order chi connectivity index (χ1) is 11.8.